The van der Waals surface area contributed by atoms with Gasteiger partial charge in [0.1, 0.15) is 6.10 Å². The monoisotopic (exact) mass is 252 g/mol. The van der Waals surface area contributed by atoms with Crippen LogP contribution in [0.1, 0.15) is 51.2 Å². The van der Waals surface area contributed by atoms with E-state index in [4.69, 9.17) is 4.74 Å². The van der Waals surface area contributed by atoms with E-state index in [0.717, 1.165) is 31.2 Å². The van der Waals surface area contributed by atoms with Crippen molar-refractivity contribution in [3.8, 4) is 0 Å². The quantitative estimate of drug-likeness (QED) is 0.898. The van der Waals surface area contributed by atoms with Gasteiger partial charge in [0.05, 0.1) is 11.8 Å². The zero-order chi connectivity index (χ0) is 13.4. The SMILES string of the molecule is COC1(C(O)c2cnn(C)c2)CCC(C)(C)CC1. The normalized spacial score (nSPS) is 23.8. The van der Waals surface area contributed by atoms with E-state index in [2.05, 4.69) is 18.9 Å². The average molecular weight is 252 g/mol. The fourth-order valence-corrected chi connectivity index (χ4v) is 2.82. The van der Waals surface area contributed by atoms with Crippen molar-refractivity contribution >= 4 is 0 Å². The molecule has 1 aromatic heterocycles. The number of ether oxygens (including phenoxy) is 1. The lowest BCUT2D eigenvalue weighted by Gasteiger charge is -2.45. The molecule has 0 saturated heterocycles. The molecule has 1 aromatic rings. The Hall–Kier alpha value is -0.870. The summed E-state index contributed by atoms with van der Waals surface area (Å²) in [6.07, 6.45) is 6.96. The highest BCUT2D eigenvalue weighted by atomic mass is 16.5. The zero-order valence-electron chi connectivity index (χ0n) is 11.8. The first-order valence-electron chi connectivity index (χ1n) is 6.60. The number of rotatable bonds is 3. The Kier molecular flexibility index (Phi) is 3.52. The minimum Gasteiger partial charge on any atom is -0.385 e. The van der Waals surface area contributed by atoms with Crippen LogP contribution in [0.15, 0.2) is 12.4 Å². The molecule has 2 rings (SSSR count). The van der Waals surface area contributed by atoms with Gasteiger partial charge in [-0.15, -0.1) is 0 Å². The summed E-state index contributed by atoms with van der Waals surface area (Å²) >= 11 is 0. The maximum Gasteiger partial charge on any atom is 0.111 e. The van der Waals surface area contributed by atoms with Crippen molar-refractivity contribution < 1.29 is 9.84 Å². The predicted molar refractivity (Wildman–Crippen MR) is 70.2 cm³/mol. The Morgan fingerprint density at radius 2 is 1.94 bits per heavy atom. The molecule has 0 aliphatic heterocycles. The second-order valence-electron chi connectivity index (χ2n) is 6.28. The van der Waals surface area contributed by atoms with Crippen molar-refractivity contribution in [3.05, 3.63) is 18.0 Å². The van der Waals surface area contributed by atoms with Crippen LogP contribution in [-0.4, -0.2) is 27.6 Å². The van der Waals surface area contributed by atoms with Gasteiger partial charge in [-0.05, 0) is 31.1 Å². The van der Waals surface area contributed by atoms with Gasteiger partial charge < -0.3 is 9.84 Å². The van der Waals surface area contributed by atoms with E-state index in [1.165, 1.54) is 0 Å². The van der Waals surface area contributed by atoms with E-state index in [1.807, 2.05) is 13.2 Å². The Labute approximate surface area is 109 Å². The Balaban J connectivity index is 2.18. The molecule has 1 aliphatic carbocycles. The standard InChI is InChI=1S/C14H24N2O2/c1-13(2)5-7-14(18-4,8-6-13)12(17)11-9-15-16(3)10-11/h9-10,12,17H,5-8H2,1-4H3. The molecule has 1 fully saturated rings. The summed E-state index contributed by atoms with van der Waals surface area (Å²) in [6.45, 7) is 4.56. The third kappa shape index (κ3) is 2.45. The molecule has 1 aliphatic rings. The Morgan fingerprint density at radius 1 is 1.33 bits per heavy atom. The lowest BCUT2D eigenvalue weighted by atomic mass is 9.68. The minimum absolute atomic E-state index is 0.358. The number of aliphatic hydroxyl groups excluding tert-OH is 1. The van der Waals surface area contributed by atoms with Gasteiger partial charge in [-0.1, -0.05) is 13.8 Å². The maximum absolute atomic E-state index is 10.6. The number of hydrogen-bond donors (Lipinski definition) is 1. The van der Waals surface area contributed by atoms with Gasteiger partial charge in [0.25, 0.3) is 0 Å². The highest BCUT2D eigenvalue weighted by Crippen LogP contribution is 2.47. The van der Waals surface area contributed by atoms with Gasteiger partial charge in [0, 0.05) is 25.9 Å². The summed E-state index contributed by atoms with van der Waals surface area (Å²) in [5.74, 6) is 0. The first-order chi connectivity index (χ1) is 8.38. The van der Waals surface area contributed by atoms with Crippen LogP contribution in [0.5, 0.6) is 0 Å². The Morgan fingerprint density at radius 3 is 2.39 bits per heavy atom. The highest BCUT2D eigenvalue weighted by Gasteiger charge is 2.44. The summed E-state index contributed by atoms with van der Waals surface area (Å²) in [4.78, 5) is 0. The first-order valence-corrected chi connectivity index (χ1v) is 6.60. The van der Waals surface area contributed by atoms with Gasteiger partial charge in [0.2, 0.25) is 0 Å². The van der Waals surface area contributed by atoms with Crippen LogP contribution < -0.4 is 0 Å². The second kappa shape index (κ2) is 4.67. The van der Waals surface area contributed by atoms with Crippen molar-refractivity contribution in [3.63, 3.8) is 0 Å². The second-order valence-corrected chi connectivity index (χ2v) is 6.28. The van der Waals surface area contributed by atoms with Crippen LogP contribution in [0.4, 0.5) is 0 Å². The summed E-state index contributed by atoms with van der Waals surface area (Å²) in [5.41, 5.74) is 0.758. The molecule has 0 bridgehead atoms. The average Bonchev–Trinajstić information content (AvgIpc) is 2.76. The van der Waals surface area contributed by atoms with E-state index in [1.54, 1.807) is 18.0 Å². The number of aryl methyl sites for hydroxylation is 1. The van der Waals surface area contributed by atoms with Crippen molar-refractivity contribution in [1.82, 2.24) is 9.78 Å². The summed E-state index contributed by atoms with van der Waals surface area (Å²) in [7, 11) is 3.57. The van der Waals surface area contributed by atoms with Crippen LogP contribution in [-0.2, 0) is 11.8 Å². The van der Waals surface area contributed by atoms with Crippen LogP contribution >= 0.6 is 0 Å². The van der Waals surface area contributed by atoms with Crippen molar-refractivity contribution in [2.75, 3.05) is 7.11 Å². The fraction of sp³-hybridized carbons (Fsp3) is 0.786. The largest absolute Gasteiger partial charge is 0.385 e. The molecule has 102 valence electrons. The van der Waals surface area contributed by atoms with Gasteiger partial charge in [-0.2, -0.15) is 5.10 Å². The lowest BCUT2D eigenvalue weighted by Crippen LogP contribution is -2.43. The highest BCUT2D eigenvalue weighted by molar-refractivity contribution is 5.14. The molecule has 0 aromatic carbocycles. The van der Waals surface area contributed by atoms with Crippen LogP contribution in [0.2, 0.25) is 0 Å². The van der Waals surface area contributed by atoms with E-state index in [9.17, 15) is 5.11 Å². The number of nitrogens with zero attached hydrogens (tertiary/aromatic N) is 2. The molecule has 0 amide bonds. The topological polar surface area (TPSA) is 47.3 Å². The maximum atomic E-state index is 10.6. The molecule has 0 spiro atoms. The summed E-state index contributed by atoms with van der Waals surface area (Å²) < 4.78 is 7.43. The molecule has 18 heavy (non-hydrogen) atoms. The van der Waals surface area contributed by atoms with Gasteiger partial charge in [-0.25, -0.2) is 0 Å². The number of hydrogen-bond acceptors (Lipinski definition) is 3. The van der Waals surface area contributed by atoms with Crippen molar-refractivity contribution in [2.45, 2.75) is 51.2 Å². The van der Waals surface area contributed by atoms with Crippen molar-refractivity contribution in [2.24, 2.45) is 12.5 Å². The van der Waals surface area contributed by atoms with Crippen LogP contribution in [0.25, 0.3) is 0 Å². The van der Waals surface area contributed by atoms with Crippen LogP contribution in [0.3, 0.4) is 0 Å². The molecule has 4 nitrogen and oxygen atoms in total. The summed E-state index contributed by atoms with van der Waals surface area (Å²) in [6, 6.07) is 0. The number of aliphatic hydroxyl groups is 1. The molecule has 0 radical (unpaired) electrons. The predicted octanol–water partition coefficient (Wildman–Crippen LogP) is 2.44. The third-order valence-corrected chi connectivity index (χ3v) is 4.40. The third-order valence-electron chi connectivity index (χ3n) is 4.40. The molecule has 1 unspecified atom stereocenters. The first kappa shape index (κ1) is 13.6. The molecule has 1 saturated carbocycles. The van der Waals surface area contributed by atoms with E-state index in [0.29, 0.717) is 5.41 Å². The summed E-state index contributed by atoms with van der Waals surface area (Å²) in [5, 5.41) is 14.7. The van der Waals surface area contributed by atoms with Crippen LogP contribution in [0, 0.1) is 5.41 Å². The van der Waals surface area contributed by atoms with E-state index < -0.39 is 11.7 Å². The Bertz CT molecular complexity index is 402. The van der Waals surface area contributed by atoms with E-state index >= 15 is 0 Å². The number of methoxy groups -OCH3 is 1. The fourth-order valence-electron chi connectivity index (χ4n) is 2.82. The van der Waals surface area contributed by atoms with Gasteiger partial charge >= 0.3 is 0 Å². The van der Waals surface area contributed by atoms with Gasteiger partial charge in [-0.3, -0.25) is 4.68 Å². The minimum atomic E-state index is -0.590. The number of aromatic nitrogens is 2. The zero-order valence-corrected chi connectivity index (χ0v) is 11.8. The smallest absolute Gasteiger partial charge is 0.111 e. The van der Waals surface area contributed by atoms with Gasteiger partial charge in [0.15, 0.2) is 0 Å². The van der Waals surface area contributed by atoms with Crippen molar-refractivity contribution in [1.29, 1.82) is 0 Å². The lowest BCUT2D eigenvalue weighted by molar-refractivity contribution is -0.138. The molecule has 4 heteroatoms. The molecule has 1 atom stereocenters. The molecular formula is C14H24N2O2. The molecule has 1 heterocycles. The molecular weight excluding hydrogens is 228 g/mol. The van der Waals surface area contributed by atoms with E-state index in [-0.39, 0.29) is 0 Å². The molecule has 1 N–H and O–H groups in total.